The number of ketones is 1. The second kappa shape index (κ2) is 3.00. The van der Waals surface area contributed by atoms with Gasteiger partial charge >= 0.3 is 5.97 Å². The van der Waals surface area contributed by atoms with Crippen LogP contribution in [0.1, 0.15) is 19.3 Å². The molecule has 0 aliphatic heterocycles. The standard InChI is InChI=1S/C7H10O4/c8-4-1-2-5(7(10)11)6(9)3-4/h4-5,8H,1-3H2,(H,10,11). The molecular weight excluding hydrogens is 148 g/mol. The fraction of sp³-hybridized carbons (Fsp3) is 0.714. The van der Waals surface area contributed by atoms with Gasteiger partial charge in [-0.05, 0) is 12.8 Å². The number of aliphatic carboxylic acids is 1. The second-order valence-corrected chi connectivity index (χ2v) is 2.79. The molecule has 0 aromatic carbocycles. The van der Waals surface area contributed by atoms with Gasteiger partial charge in [0.15, 0.2) is 0 Å². The van der Waals surface area contributed by atoms with Gasteiger partial charge in [0, 0.05) is 6.42 Å². The highest BCUT2D eigenvalue weighted by Gasteiger charge is 2.32. The van der Waals surface area contributed by atoms with Crippen LogP contribution in [0.4, 0.5) is 0 Å². The van der Waals surface area contributed by atoms with E-state index in [0.29, 0.717) is 6.42 Å². The number of rotatable bonds is 1. The lowest BCUT2D eigenvalue weighted by Crippen LogP contribution is -2.32. The Morgan fingerprint density at radius 3 is 2.55 bits per heavy atom. The van der Waals surface area contributed by atoms with Crippen molar-refractivity contribution in [1.29, 1.82) is 0 Å². The van der Waals surface area contributed by atoms with E-state index in [1.807, 2.05) is 0 Å². The van der Waals surface area contributed by atoms with E-state index in [1.165, 1.54) is 0 Å². The highest BCUT2D eigenvalue weighted by molar-refractivity contribution is 5.98. The molecule has 0 amide bonds. The summed E-state index contributed by atoms with van der Waals surface area (Å²) in [4.78, 5) is 21.3. The first-order valence-corrected chi connectivity index (χ1v) is 3.55. The van der Waals surface area contributed by atoms with Crippen molar-refractivity contribution in [2.75, 3.05) is 0 Å². The van der Waals surface area contributed by atoms with Gasteiger partial charge < -0.3 is 10.2 Å². The molecule has 4 nitrogen and oxygen atoms in total. The third kappa shape index (κ3) is 1.77. The van der Waals surface area contributed by atoms with Crippen molar-refractivity contribution in [2.45, 2.75) is 25.4 Å². The minimum Gasteiger partial charge on any atom is -0.481 e. The monoisotopic (exact) mass is 158 g/mol. The smallest absolute Gasteiger partial charge is 0.314 e. The summed E-state index contributed by atoms with van der Waals surface area (Å²) < 4.78 is 0. The number of carbonyl (C=O) groups excluding carboxylic acids is 1. The van der Waals surface area contributed by atoms with Gasteiger partial charge in [0.25, 0.3) is 0 Å². The number of carboxylic acid groups (broad SMARTS) is 1. The van der Waals surface area contributed by atoms with Gasteiger partial charge in [-0.15, -0.1) is 0 Å². The predicted molar refractivity (Wildman–Crippen MR) is 36.0 cm³/mol. The number of Topliss-reactive ketones (excluding diaryl/α,β-unsaturated/α-hetero) is 1. The minimum atomic E-state index is -1.07. The van der Waals surface area contributed by atoms with Crippen molar-refractivity contribution in [3.05, 3.63) is 0 Å². The molecule has 62 valence electrons. The average Bonchev–Trinajstić information content (AvgIpc) is 1.85. The van der Waals surface area contributed by atoms with Crippen LogP contribution in [0.3, 0.4) is 0 Å². The van der Waals surface area contributed by atoms with Crippen LogP contribution in [0.25, 0.3) is 0 Å². The lowest BCUT2D eigenvalue weighted by atomic mass is 9.86. The fourth-order valence-electron chi connectivity index (χ4n) is 1.26. The Balaban J connectivity index is 2.58. The molecule has 0 aromatic rings. The van der Waals surface area contributed by atoms with Crippen LogP contribution < -0.4 is 0 Å². The van der Waals surface area contributed by atoms with Crippen LogP contribution in [0.5, 0.6) is 0 Å². The molecule has 0 aromatic heterocycles. The van der Waals surface area contributed by atoms with Gasteiger partial charge in [0.05, 0.1) is 6.10 Å². The van der Waals surface area contributed by atoms with Crippen LogP contribution in [0.2, 0.25) is 0 Å². The summed E-state index contributed by atoms with van der Waals surface area (Å²) in [6.45, 7) is 0. The molecule has 11 heavy (non-hydrogen) atoms. The van der Waals surface area contributed by atoms with E-state index >= 15 is 0 Å². The normalized spacial score (nSPS) is 31.9. The molecule has 1 rings (SSSR count). The molecule has 1 saturated carbocycles. The fourth-order valence-corrected chi connectivity index (χ4v) is 1.26. The van der Waals surface area contributed by atoms with Gasteiger partial charge in [-0.2, -0.15) is 0 Å². The molecule has 4 heteroatoms. The zero-order valence-corrected chi connectivity index (χ0v) is 5.99. The molecule has 1 aliphatic rings. The Morgan fingerprint density at radius 1 is 1.45 bits per heavy atom. The van der Waals surface area contributed by atoms with Crippen LogP contribution >= 0.6 is 0 Å². The Bertz CT molecular complexity index is 187. The lowest BCUT2D eigenvalue weighted by Gasteiger charge is -2.20. The molecule has 0 saturated heterocycles. The maximum Gasteiger partial charge on any atom is 0.314 e. The molecule has 2 N–H and O–H groups in total. The number of aliphatic hydroxyl groups excluding tert-OH is 1. The average molecular weight is 158 g/mol. The largest absolute Gasteiger partial charge is 0.481 e. The molecule has 1 aliphatic carbocycles. The first-order valence-electron chi connectivity index (χ1n) is 3.55. The van der Waals surface area contributed by atoms with Crippen LogP contribution in [-0.2, 0) is 9.59 Å². The molecular formula is C7H10O4. The van der Waals surface area contributed by atoms with Crippen molar-refractivity contribution in [3.8, 4) is 0 Å². The van der Waals surface area contributed by atoms with Gasteiger partial charge in [-0.3, -0.25) is 9.59 Å². The third-order valence-electron chi connectivity index (χ3n) is 1.91. The Labute approximate surface area is 63.8 Å². The van der Waals surface area contributed by atoms with E-state index in [0.717, 1.165) is 0 Å². The zero-order chi connectivity index (χ0) is 8.43. The van der Waals surface area contributed by atoms with E-state index in [1.54, 1.807) is 0 Å². The molecule has 0 heterocycles. The minimum absolute atomic E-state index is 0.00301. The molecule has 1 fully saturated rings. The van der Waals surface area contributed by atoms with Crippen LogP contribution in [-0.4, -0.2) is 28.1 Å². The summed E-state index contributed by atoms with van der Waals surface area (Å²) in [5.74, 6) is -2.29. The summed E-state index contributed by atoms with van der Waals surface area (Å²) in [7, 11) is 0. The van der Waals surface area contributed by atoms with Crippen molar-refractivity contribution in [3.63, 3.8) is 0 Å². The van der Waals surface area contributed by atoms with E-state index in [9.17, 15) is 9.59 Å². The predicted octanol–water partition coefficient (Wildman–Crippen LogP) is -0.199. The van der Waals surface area contributed by atoms with Crippen molar-refractivity contribution in [2.24, 2.45) is 5.92 Å². The summed E-state index contributed by atoms with van der Waals surface area (Å²) >= 11 is 0. The van der Waals surface area contributed by atoms with Crippen molar-refractivity contribution >= 4 is 11.8 Å². The summed E-state index contributed by atoms with van der Waals surface area (Å²) in [5, 5.41) is 17.5. The SMILES string of the molecule is O=C(O)C1CCC(O)CC1=O. The Morgan fingerprint density at radius 2 is 2.09 bits per heavy atom. The Kier molecular flexibility index (Phi) is 2.24. The maximum absolute atomic E-state index is 10.9. The molecule has 0 spiro atoms. The number of aliphatic hydroxyl groups is 1. The quantitative estimate of drug-likeness (QED) is 0.518. The Hall–Kier alpha value is -0.900. The highest BCUT2D eigenvalue weighted by atomic mass is 16.4. The van der Waals surface area contributed by atoms with Crippen molar-refractivity contribution < 1.29 is 19.8 Å². The maximum atomic E-state index is 10.9. The van der Waals surface area contributed by atoms with Crippen LogP contribution in [0, 0.1) is 5.92 Å². The first-order chi connectivity index (χ1) is 5.11. The third-order valence-corrected chi connectivity index (χ3v) is 1.91. The summed E-state index contributed by atoms with van der Waals surface area (Å²) in [6.07, 6.45) is 0.0627. The van der Waals surface area contributed by atoms with E-state index in [2.05, 4.69) is 0 Å². The molecule has 2 atom stereocenters. The molecule has 2 unspecified atom stereocenters. The highest BCUT2D eigenvalue weighted by Crippen LogP contribution is 2.20. The van der Waals surface area contributed by atoms with Gasteiger partial charge in [0.1, 0.15) is 11.7 Å². The zero-order valence-electron chi connectivity index (χ0n) is 5.99. The van der Waals surface area contributed by atoms with E-state index in [4.69, 9.17) is 10.2 Å². The van der Waals surface area contributed by atoms with E-state index in [-0.39, 0.29) is 18.6 Å². The summed E-state index contributed by atoms with van der Waals surface area (Å²) in [5.41, 5.74) is 0. The first kappa shape index (κ1) is 8.20. The number of hydrogen-bond donors (Lipinski definition) is 2. The number of carbonyl (C=O) groups is 2. The summed E-state index contributed by atoms with van der Waals surface area (Å²) in [6, 6.07) is 0. The van der Waals surface area contributed by atoms with Gasteiger partial charge in [-0.1, -0.05) is 0 Å². The lowest BCUT2D eigenvalue weighted by molar-refractivity contribution is -0.148. The number of hydrogen-bond acceptors (Lipinski definition) is 3. The molecule has 0 bridgehead atoms. The van der Waals surface area contributed by atoms with E-state index < -0.39 is 18.0 Å². The van der Waals surface area contributed by atoms with Crippen LogP contribution in [0.15, 0.2) is 0 Å². The van der Waals surface area contributed by atoms with Crippen molar-refractivity contribution in [1.82, 2.24) is 0 Å². The number of carboxylic acids is 1. The van der Waals surface area contributed by atoms with Gasteiger partial charge in [-0.25, -0.2) is 0 Å². The topological polar surface area (TPSA) is 74.6 Å². The van der Waals surface area contributed by atoms with Gasteiger partial charge in [0.2, 0.25) is 0 Å². The molecule has 0 radical (unpaired) electrons. The second-order valence-electron chi connectivity index (χ2n) is 2.79.